The maximum Gasteiger partial charge on any atom is 0.341 e. The van der Waals surface area contributed by atoms with E-state index in [-0.39, 0.29) is 35.3 Å². The van der Waals surface area contributed by atoms with Gasteiger partial charge in [0.25, 0.3) is 0 Å². The van der Waals surface area contributed by atoms with Gasteiger partial charge in [-0.15, -0.1) is 0 Å². The molecule has 9 heteroatoms. The minimum absolute atomic E-state index is 0.0519. The van der Waals surface area contributed by atoms with Crippen LogP contribution in [0.4, 0.5) is 5.13 Å². The van der Waals surface area contributed by atoms with E-state index in [1.807, 2.05) is 18.7 Å². The van der Waals surface area contributed by atoms with Crippen molar-refractivity contribution in [3.05, 3.63) is 17.7 Å². The van der Waals surface area contributed by atoms with Gasteiger partial charge in [-0.2, -0.15) is 0 Å². The molecule has 1 aromatic heterocycles. The summed E-state index contributed by atoms with van der Waals surface area (Å²) in [6, 6.07) is 3.29. The zero-order valence-corrected chi connectivity index (χ0v) is 15.4. The second kappa shape index (κ2) is 5.57. The highest BCUT2D eigenvalue weighted by atomic mass is 32.2. The molecule has 2 aliphatic heterocycles. The molecule has 0 amide bonds. The Balaban J connectivity index is 1.76. The third kappa shape index (κ3) is 2.75. The number of thiazole rings is 1. The zero-order valence-electron chi connectivity index (χ0n) is 13.8. The molecule has 7 nitrogen and oxygen atoms in total. The predicted molar refractivity (Wildman–Crippen MR) is 95.7 cm³/mol. The molecule has 25 heavy (non-hydrogen) atoms. The number of hydrogen-bond donors (Lipinski definition) is 1. The summed E-state index contributed by atoms with van der Waals surface area (Å²) < 4.78 is 29.8. The summed E-state index contributed by atoms with van der Waals surface area (Å²) in [5.74, 6) is -0.431. The Kier molecular flexibility index (Phi) is 3.69. The molecule has 1 N–H and O–H groups in total. The molecule has 0 radical (unpaired) electrons. The zero-order chi connectivity index (χ0) is 17.9. The van der Waals surface area contributed by atoms with Crippen LogP contribution < -0.4 is 9.64 Å². The number of carbonyl (C=O) groups is 1. The number of benzene rings is 1. The van der Waals surface area contributed by atoms with Crippen LogP contribution in [0.1, 0.15) is 30.6 Å². The molecule has 2 aliphatic rings. The van der Waals surface area contributed by atoms with Crippen molar-refractivity contribution in [3.63, 3.8) is 0 Å². The van der Waals surface area contributed by atoms with E-state index in [9.17, 15) is 18.3 Å². The van der Waals surface area contributed by atoms with E-state index < -0.39 is 15.8 Å². The van der Waals surface area contributed by atoms with E-state index in [1.54, 1.807) is 12.1 Å². The quantitative estimate of drug-likeness (QED) is 0.865. The lowest BCUT2D eigenvalue weighted by Crippen LogP contribution is -2.66. The molecule has 2 aromatic rings. The lowest BCUT2D eigenvalue weighted by molar-refractivity contribution is 0.0693. The van der Waals surface area contributed by atoms with Crippen molar-refractivity contribution in [2.75, 3.05) is 16.4 Å². The van der Waals surface area contributed by atoms with Gasteiger partial charge in [0.05, 0.1) is 27.8 Å². The third-order valence-corrected chi connectivity index (χ3v) is 7.42. The number of rotatable bonds is 4. The summed E-state index contributed by atoms with van der Waals surface area (Å²) in [7, 11) is -2.97. The molecule has 2 saturated heterocycles. The fraction of sp³-hybridized carbons (Fsp3) is 0.500. The maximum atomic E-state index is 11.8. The molecule has 2 atom stereocenters. The number of anilines is 1. The fourth-order valence-corrected chi connectivity index (χ4v) is 6.73. The molecule has 0 saturated carbocycles. The summed E-state index contributed by atoms with van der Waals surface area (Å²) in [5, 5.41) is 10.3. The highest BCUT2D eigenvalue weighted by Gasteiger charge is 2.49. The van der Waals surface area contributed by atoms with E-state index in [4.69, 9.17) is 4.74 Å². The van der Waals surface area contributed by atoms with Crippen LogP contribution in [-0.2, 0) is 9.84 Å². The second-order valence-electron chi connectivity index (χ2n) is 6.78. The number of fused-ring (bicyclic) bond motifs is 3. The molecule has 1 aromatic carbocycles. The maximum absolute atomic E-state index is 11.8. The summed E-state index contributed by atoms with van der Waals surface area (Å²) in [6.45, 7) is 3.69. The van der Waals surface area contributed by atoms with Gasteiger partial charge in [-0.05, 0) is 32.4 Å². The number of aromatic carboxylic acids is 1. The van der Waals surface area contributed by atoms with Crippen molar-refractivity contribution in [3.8, 4) is 5.75 Å². The van der Waals surface area contributed by atoms with Gasteiger partial charge in [-0.3, -0.25) is 0 Å². The highest BCUT2D eigenvalue weighted by Crippen LogP contribution is 2.43. The number of sulfone groups is 1. The second-order valence-corrected chi connectivity index (χ2v) is 9.91. The van der Waals surface area contributed by atoms with E-state index >= 15 is 0 Å². The van der Waals surface area contributed by atoms with Crippen molar-refractivity contribution in [1.82, 2.24) is 4.98 Å². The molecule has 134 valence electrons. The molecule has 2 unspecified atom stereocenters. The van der Waals surface area contributed by atoms with Crippen LogP contribution in [0.3, 0.4) is 0 Å². The summed E-state index contributed by atoms with van der Waals surface area (Å²) >= 11 is 1.29. The van der Waals surface area contributed by atoms with Crippen LogP contribution in [0.2, 0.25) is 0 Å². The van der Waals surface area contributed by atoms with Crippen LogP contribution >= 0.6 is 11.3 Å². The molecule has 2 bridgehead atoms. The number of carboxylic acids is 1. The minimum Gasteiger partial charge on any atom is -0.490 e. The van der Waals surface area contributed by atoms with Crippen molar-refractivity contribution in [2.24, 2.45) is 0 Å². The monoisotopic (exact) mass is 382 g/mol. The Hall–Kier alpha value is -1.87. The predicted octanol–water partition coefficient (Wildman–Crippen LogP) is 2.16. The Morgan fingerprint density at radius 3 is 2.64 bits per heavy atom. The minimum atomic E-state index is -2.97. The number of ether oxygens (including phenoxy) is 1. The van der Waals surface area contributed by atoms with Gasteiger partial charge in [-0.25, -0.2) is 18.2 Å². The van der Waals surface area contributed by atoms with Crippen molar-refractivity contribution in [1.29, 1.82) is 0 Å². The normalized spacial score (nSPS) is 24.4. The molecule has 2 fully saturated rings. The standard InChI is InChI=1S/C16H18N2O5S2/c1-8(2)23-12-4-3-11-14(13(12)15(19)20)24-16(17-11)18-9-5-10(18)7-25(21,22)6-9/h3-4,8-10H,5-7H2,1-2H3,(H,19,20). The van der Waals surface area contributed by atoms with E-state index in [1.165, 1.54) is 11.3 Å². The van der Waals surface area contributed by atoms with Crippen molar-refractivity contribution >= 4 is 42.5 Å². The molecule has 3 heterocycles. The Labute approximate surface area is 149 Å². The van der Waals surface area contributed by atoms with Gasteiger partial charge >= 0.3 is 5.97 Å². The molecule has 4 rings (SSSR count). The van der Waals surface area contributed by atoms with Gasteiger partial charge in [0, 0.05) is 12.1 Å². The highest BCUT2D eigenvalue weighted by molar-refractivity contribution is 7.91. The van der Waals surface area contributed by atoms with Gasteiger partial charge in [0.15, 0.2) is 15.0 Å². The van der Waals surface area contributed by atoms with Crippen LogP contribution in [-0.4, -0.2) is 54.2 Å². The molecule has 0 aliphatic carbocycles. The lowest BCUT2D eigenvalue weighted by Gasteiger charge is -2.52. The SMILES string of the molecule is CC(C)Oc1ccc2nc(N3C4CC3CS(=O)(=O)C4)sc2c1C(=O)O. The molecular weight excluding hydrogens is 364 g/mol. The smallest absolute Gasteiger partial charge is 0.341 e. The topological polar surface area (TPSA) is 96.8 Å². The first kappa shape index (κ1) is 16.6. The first-order chi connectivity index (χ1) is 11.7. The number of carboxylic acid groups (broad SMARTS) is 1. The molecular formula is C16H18N2O5S2. The first-order valence-corrected chi connectivity index (χ1v) is 10.7. The third-order valence-electron chi connectivity index (χ3n) is 4.53. The van der Waals surface area contributed by atoms with Gasteiger partial charge < -0.3 is 14.7 Å². The summed E-state index contributed by atoms with van der Waals surface area (Å²) in [6.07, 6.45) is 0.714. The van der Waals surface area contributed by atoms with Crippen molar-refractivity contribution < 1.29 is 23.1 Å². The number of aromatic nitrogens is 1. The largest absolute Gasteiger partial charge is 0.490 e. The average molecular weight is 382 g/mol. The van der Waals surface area contributed by atoms with E-state index in [0.29, 0.717) is 21.1 Å². The van der Waals surface area contributed by atoms with Gasteiger partial charge in [0.2, 0.25) is 0 Å². The molecule has 0 spiro atoms. The summed E-state index contributed by atoms with van der Waals surface area (Å²) in [5.41, 5.74) is 0.717. The van der Waals surface area contributed by atoms with Crippen LogP contribution in [0.5, 0.6) is 5.75 Å². The fourth-order valence-electron chi connectivity index (χ4n) is 3.59. The van der Waals surface area contributed by atoms with Crippen LogP contribution in [0.15, 0.2) is 12.1 Å². The number of hydrogen-bond acceptors (Lipinski definition) is 7. The first-order valence-electron chi connectivity index (χ1n) is 8.07. The van der Waals surface area contributed by atoms with Crippen LogP contribution in [0.25, 0.3) is 10.2 Å². The van der Waals surface area contributed by atoms with Crippen LogP contribution in [0, 0.1) is 0 Å². The van der Waals surface area contributed by atoms with E-state index in [2.05, 4.69) is 4.98 Å². The Morgan fingerprint density at radius 1 is 1.36 bits per heavy atom. The number of nitrogens with zero attached hydrogens (tertiary/aromatic N) is 2. The van der Waals surface area contributed by atoms with E-state index in [0.717, 1.165) is 6.42 Å². The Morgan fingerprint density at radius 2 is 2.04 bits per heavy atom. The Bertz CT molecular complexity index is 948. The van der Waals surface area contributed by atoms with Gasteiger partial charge in [-0.1, -0.05) is 11.3 Å². The average Bonchev–Trinajstić information content (AvgIpc) is 2.86. The summed E-state index contributed by atoms with van der Waals surface area (Å²) in [4.78, 5) is 18.4. The van der Waals surface area contributed by atoms with Gasteiger partial charge in [0.1, 0.15) is 11.3 Å². The van der Waals surface area contributed by atoms with Crippen molar-refractivity contribution in [2.45, 2.75) is 38.5 Å². The lowest BCUT2D eigenvalue weighted by atomic mass is 9.96.